The van der Waals surface area contributed by atoms with Gasteiger partial charge >= 0.3 is 0 Å². The molecule has 1 N–H and O–H groups in total. The lowest BCUT2D eigenvalue weighted by Crippen LogP contribution is -1.99. The molecule has 0 spiro atoms. The number of tetrazole rings is 1. The predicted octanol–water partition coefficient (Wildman–Crippen LogP) is 6.30. The fraction of sp³-hybridized carbons (Fsp3) is 0.120. The van der Waals surface area contributed by atoms with Crippen LogP contribution in [0, 0.1) is 0 Å². The van der Waals surface area contributed by atoms with Gasteiger partial charge in [-0.1, -0.05) is 73.1 Å². The Bertz CT molecular complexity index is 1370. The second-order valence-corrected chi connectivity index (χ2v) is 7.77. The lowest BCUT2D eigenvalue weighted by Gasteiger charge is -2.13. The van der Waals surface area contributed by atoms with Gasteiger partial charge in [0.05, 0.1) is 15.9 Å². The van der Waals surface area contributed by atoms with Crippen molar-refractivity contribution in [3.8, 4) is 28.3 Å². The zero-order chi connectivity index (χ0) is 21.9. The first-order chi connectivity index (χ1) is 15.7. The van der Waals surface area contributed by atoms with Crippen molar-refractivity contribution in [1.29, 1.82) is 0 Å². The second-order valence-electron chi connectivity index (χ2n) is 7.37. The summed E-state index contributed by atoms with van der Waals surface area (Å²) < 4.78 is 6.20. The SMILES string of the molecule is CCc1cc(OCc2ccc(-c3ccccc3-c3nn[nH]n3)cc2)c2c(Cl)cccc2n1.Cl. The van der Waals surface area contributed by atoms with Crippen LogP contribution in [0.3, 0.4) is 0 Å². The number of fused-ring (bicyclic) bond motifs is 1. The molecule has 6 nitrogen and oxygen atoms in total. The van der Waals surface area contributed by atoms with E-state index in [1.807, 2.05) is 42.5 Å². The predicted molar refractivity (Wildman–Crippen MR) is 133 cm³/mol. The highest BCUT2D eigenvalue weighted by Crippen LogP contribution is 2.33. The monoisotopic (exact) mass is 477 g/mol. The maximum Gasteiger partial charge on any atom is 0.205 e. The summed E-state index contributed by atoms with van der Waals surface area (Å²) in [6.07, 6.45) is 0.827. The number of aromatic amines is 1. The van der Waals surface area contributed by atoms with E-state index in [1.165, 1.54) is 0 Å². The van der Waals surface area contributed by atoms with E-state index >= 15 is 0 Å². The zero-order valence-electron chi connectivity index (χ0n) is 17.8. The van der Waals surface area contributed by atoms with Gasteiger partial charge in [-0.15, -0.1) is 22.6 Å². The van der Waals surface area contributed by atoms with Gasteiger partial charge in [-0.2, -0.15) is 5.21 Å². The first kappa shape index (κ1) is 22.7. The van der Waals surface area contributed by atoms with Crippen LogP contribution in [-0.2, 0) is 13.0 Å². The molecule has 166 valence electrons. The Balaban J connectivity index is 0.00000259. The standard InChI is InChI=1S/C25H20ClN5O.ClH/c1-2-18-14-23(24-21(26)8-5-9-22(24)27-18)32-15-16-10-12-17(13-11-16)19-6-3-4-7-20(19)25-28-30-31-29-25;/h3-14H,2,15H2,1H3,(H,28,29,30,31);1H. The molecule has 0 saturated carbocycles. The van der Waals surface area contributed by atoms with Crippen molar-refractivity contribution >= 4 is 34.9 Å². The number of nitrogens with one attached hydrogen (secondary N) is 1. The Morgan fingerprint density at radius 1 is 0.939 bits per heavy atom. The van der Waals surface area contributed by atoms with Gasteiger partial charge in [-0.25, -0.2) is 0 Å². The van der Waals surface area contributed by atoms with Crippen molar-refractivity contribution in [2.45, 2.75) is 20.0 Å². The van der Waals surface area contributed by atoms with Crippen molar-refractivity contribution in [1.82, 2.24) is 25.6 Å². The summed E-state index contributed by atoms with van der Waals surface area (Å²) in [5.41, 5.74) is 5.92. The highest BCUT2D eigenvalue weighted by Gasteiger charge is 2.12. The third kappa shape index (κ3) is 4.67. The van der Waals surface area contributed by atoms with Crippen LogP contribution in [-0.4, -0.2) is 25.6 Å². The molecular formula is C25H21Cl2N5O. The molecule has 8 heteroatoms. The number of nitrogens with zero attached hydrogens (tertiary/aromatic N) is 4. The van der Waals surface area contributed by atoms with Crippen molar-refractivity contribution in [3.05, 3.63) is 89.1 Å². The average Bonchev–Trinajstić information content (AvgIpc) is 3.38. The summed E-state index contributed by atoms with van der Waals surface area (Å²) >= 11 is 6.45. The third-order valence-electron chi connectivity index (χ3n) is 5.33. The molecule has 0 amide bonds. The summed E-state index contributed by atoms with van der Waals surface area (Å²) in [6, 6.07) is 24.0. The van der Waals surface area contributed by atoms with E-state index in [2.05, 4.69) is 62.9 Å². The van der Waals surface area contributed by atoms with Gasteiger partial charge in [0, 0.05) is 17.3 Å². The van der Waals surface area contributed by atoms with Crippen LogP contribution in [0.4, 0.5) is 0 Å². The fourth-order valence-corrected chi connectivity index (χ4v) is 3.97. The Labute approximate surface area is 202 Å². The molecule has 0 fully saturated rings. The largest absolute Gasteiger partial charge is 0.488 e. The molecule has 3 aromatic carbocycles. The highest BCUT2D eigenvalue weighted by atomic mass is 35.5. The normalized spacial score (nSPS) is 10.7. The Hall–Kier alpha value is -3.48. The molecule has 0 atom stereocenters. The molecule has 2 aromatic heterocycles. The first-order valence-corrected chi connectivity index (χ1v) is 10.7. The number of H-pyrrole nitrogens is 1. The average molecular weight is 478 g/mol. The summed E-state index contributed by atoms with van der Waals surface area (Å²) in [7, 11) is 0. The van der Waals surface area contributed by atoms with Gasteiger partial charge in [-0.3, -0.25) is 4.98 Å². The summed E-state index contributed by atoms with van der Waals surface area (Å²) in [5.74, 6) is 1.32. The molecule has 5 rings (SSSR count). The Morgan fingerprint density at radius 3 is 2.45 bits per heavy atom. The molecule has 0 unspecified atom stereocenters. The van der Waals surface area contributed by atoms with E-state index in [4.69, 9.17) is 16.3 Å². The number of aryl methyl sites for hydroxylation is 1. The van der Waals surface area contributed by atoms with Crippen LogP contribution in [0.2, 0.25) is 5.02 Å². The van der Waals surface area contributed by atoms with Crippen LogP contribution in [0.15, 0.2) is 72.8 Å². The lowest BCUT2D eigenvalue weighted by atomic mass is 9.98. The first-order valence-electron chi connectivity index (χ1n) is 10.4. The molecule has 0 radical (unpaired) electrons. The van der Waals surface area contributed by atoms with Crippen molar-refractivity contribution in [2.24, 2.45) is 0 Å². The van der Waals surface area contributed by atoms with Crippen molar-refractivity contribution in [3.63, 3.8) is 0 Å². The zero-order valence-corrected chi connectivity index (χ0v) is 19.4. The van der Waals surface area contributed by atoms with E-state index in [9.17, 15) is 0 Å². The second kappa shape index (κ2) is 9.98. The molecular weight excluding hydrogens is 457 g/mol. The maximum absolute atomic E-state index is 6.45. The van der Waals surface area contributed by atoms with Gasteiger partial charge in [0.25, 0.3) is 0 Å². The smallest absolute Gasteiger partial charge is 0.205 e. The molecule has 0 saturated heterocycles. The quantitative estimate of drug-likeness (QED) is 0.310. The molecule has 0 aliphatic rings. The lowest BCUT2D eigenvalue weighted by molar-refractivity contribution is 0.309. The van der Waals surface area contributed by atoms with Crippen LogP contribution >= 0.6 is 24.0 Å². The van der Waals surface area contributed by atoms with E-state index in [1.54, 1.807) is 0 Å². The minimum atomic E-state index is 0. The molecule has 0 bridgehead atoms. The summed E-state index contributed by atoms with van der Waals surface area (Å²) in [4.78, 5) is 4.66. The number of rotatable bonds is 6. The summed E-state index contributed by atoms with van der Waals surface area (Å²) in [5, 5.41) is 15.9. The fourth-order valence-electron chi connectivity index (χ4n) is 3.70. The van der Waals surface area contributed by atoms with E-state index < -0.39 is 0 Å². The van der Waals surface area contributed by atoms with E-state index in [0.717, 1.165) is 51.0 Å². The minimum Gasteiger partial charge on any atom is -0.488 e. The Kier molecular flexibility index (Phi) is 6.87. The maximum atomic E-state index is 6.45. The summed E-state index contributed by atoms with van der Waals surface area (Å²) in [6.45, 7) is 2.51. The van der Waals surface area contributed by atoms with Crippen LogP contribution in [0.25, 0.3) is 33.4 Å². The van der Waals surface area contributed by atoms with Crippen LogP contribution in [0.5, 0.6) is 5.75 Å². The number of benzene rings is 3. The van der Waals surface area contributed by atoms with Gasteiger partial charge < -0.3 is 4.74 Å². The van der Waals surface area contributed by atoms with Crippen LogP contribution in [0.1, 0.15) is 18.2 Å². The van der Waals surface area contributed by atoms with Crippen LogP contribution < -0.4 is 4.74 Å². The van der Waals surface area contributed by atoms with Crippen molar-refractivity contribution < 1.29 is 4.74 Å². The number of pyridine rings is 1. The van der Waals surface area contributed by atoms with Gasteiger partial charge in [0.15, 0.2) is 0 Å². The molecule has 33 heavy (non-hydrogen) atoms. The molecule has 0 aliphatic heterocycles. The van der Waals surface area contributed by atoms with Crippen molar-refractivity contribution in [2.75, 3.05) is 0 Å². The number of aromatic nitrogens is 5. The van der Waals surface area contributed by atoms with Gasteiger partial charge in [0.1, 0.15) is 12.4 Å². The molecule has 5 aromatic rings. The highest BCUT2D eigenvalue weighted by molar-refractivity contribution is 6.35. The number of hydrogen-bond donors (Lipinski definition) is 1. The number of ether oxygens (including phenoxy) is 1. The van der Waals surface area contributed by atoms with Gasteiger partial charge in [-0.05, 0) is 40.5 Å². The van der Waals surface area contributed by atoms with E-state index in [0.29, 0.717) is 17.5 Å². The Morgan fingerprint density at radius 2 is 1.73 bits per heavy atom. The minimum absolute atomic E-state index is 0. The van der Waals surface area contributed by atoms with E-state index in [-0.39, 0.29) is 12.4 Å². The number of halogens is 2. The third-order valence-corrected chi connectivity index (χ3v) is 5.65. The molecule has 0 aliphatic carbocycles. The topological polar surface area (TPSA) is 76.6 Å². The van der Waals surface area contributed by atoms with Gasteiger partial charge in [0.2, 0.25) is 5.82 Å². The number of hydrogen-bond acceptors (Lipinski definition) is 5. The molecule has 2 heterocycles.